The van der Waals surface area contributed by atoms with E-state index in [0.29, 0.717) is 12.7 Å². The maximum Gasteiger partial charge on any atom is 0.0834 e. The molecule has 1 atom stereocenters. The first-order valence-electron chi connectivity index (χ1n) is 6.91. The zero-order chi connectivity index (χ0) is 12.2. The van der Waals surface area contributed by atoms with Crippen LogP contribution in [0.2, 0.25) is 0 Å². The molecule has 3 nitrogen and oxygen atoms in total. The van der Waals surface area contributed by atoms with Gasteiger partial charge >= 0.3 is 0 Å². The summed E-state index contributed by atoms with van der Waals surface area (Å²) >= 11 is 0. The van der Waals surface area contributed by atoms with E-state index in [2.05, 4.69) is 29.6 Å². The lowest BCUT2D eigenvalue weighted by molar-refractivity contribution is 0.0317. The maximum atomic E-state index is 5.80. The summed E-state index contributed by atoms with van der Waals surface area (Å²) in [4.78, 5) is 0. The average molecular weight is 247 g/mol. The lowest BCUT2D eigenvalue weighted by atomic mass is 10.1. The smallest absolute Gasteiger partial charge is 0.0834 e. The summed E-state index contributed by atoms with van der Waals surface area (Å²) in [6.45, 7) is 3.28. The van der Waals surface area contributed by atoms with Gasteiger partial charge in [0.15, 0.2) is 0 Å². The van der Waals surface area contributed by atoms with E-state index in [1.807, 2.05) is 0 Å². The largest absolute Gasteiger partial charge is 0.379 e. The molecule has 1 unspecified atom stereocenters. The SMILES string of the molecule is c1cc(COC2CCOC2)ccc1CNC1CC1. The van der Waals surface area contributed by atoms with E-state index in [0.717, 1.165) is 32.2 Å². The van der Waals surface area contributed by atoms with E-state index in [4.69, 9.17) is 9.47 Å². The second-order valence-corrected chi connectivity index (χ2v) is 5.27. The van der Waals surface area contributed by atoms with Gasteiger partial charge in [0.25, 0.3) is 0 Å². The van der Waals surface area contributed by atoms with E-state index >= 15 is 0 Å². The predicted molar refractivity (Wildman–Crippen MR) is 70.3 cm³/mol. The zero-order valence-electron chi connectivity index (χ0n) is 10.7. The van der Waals surface area contributed by atoms with Crippen LogP contribution in [0.3, 0.4) is 0 Å². The summed E-state index contributed by atoms with van der Waals surface area (Å²) in [5.74, 6) is 0. The molecule has 1 aliphatic carbocycles. The van der Waals surface area contributed by atoms with Crippen molar-refractivity contribution in [1.82, 2.24) is 5.32 Å². The fraction of sp³-hybridized carbons (Fsp3) is 0.600. The minimum absolute atomic E-state index is 0.293. The minimum Gasteiger partial charge on any atom is -0.379 e. The molecule has 3 rings (SSSR count). The molecule has 1 aromatic carbocycles. The topological polar surface area (TPSA) is 30.5 Å². The van der Waals surface area contributed by atoms with E-state index in [9.17, 15) is 0 Å². The highest BCUT2D eigenvalue weighted by Crippen LogP contribution is 2.19. The Hall–Kier alpha value is -0.900. The lowest BCUT2D eigenvalue weighted by Gasteiger charge is -2.10. The number of ether oxygens (including phenoxy) is 2. The first-order chi connectivity index (χ1) is 8.90. The molecule has 1 heterocycles. The highest BCUT2D eigenvalue weighted by atomic mass is 16.5. The highest BCUT2D eigenvalue weighted by molar-refractivity contribution is 5.22. The average Bonchev–Trinajstić information content (AvgIpc) is 3.09. The molecule has 18 heavy (non-hydrogen) atoms. The first-order valence-corrected chi connectivity index (χ1v) is 6.91. The zero-order valence-corrected chi connectivity index (χ0v) is 10.7. The molecule has 1 saturated heterocycles. The van der Waals surface area contributed by atoms with Crippen LogP contribution in [-0.4, -0.2) is 25.4 Å². The van der Waals surface area contributed by atoms with E-state index < -0.39 is 0 Å². The first kappa shape index (κ1) is 12.2. The van der Waals surface area contributed by atoms with Gasteiger partial charge in [0, 0.05) is 19.2 Å². The Morgan fingerprint density at radius 1 is 1.11 bits per heavy atom. The van der Waals surface area contributed by atoms with Crippen LogP contribution in [0.5, 0.6) is 0 Å². The molecule has 0 aromatic heterocycles. The Bertz CT molecular complexity index is 367. The Balaban J connectivity index is 1.44. The van der Waals surface area contributed by atoms with Gasteiger partial charge in [-0.2, -0.15) is 0 Å². The Labute approximate surface area is 108 Å². The van der Waals surface area contributed by atoms with Crippen molar-refractivity contribution in [2.45, 2.75) is 44.6 Å². The van der Waals surface area contributed by atoms with E-state index in [1.165, 1.54) is 24.0 Å². The van der Waals surface area contributed by atoms with Crippen molar-refractivity contribution in [2.24, 2.45) is 0 Å². The van der Waals surface area contributed by atoms with Crippen molar-refractivity contribution in [2.75, 3.05) is 13.2 Å². The third-order valence-electron chi connectivity index (χ3n) is 3.57. The van der Waals surface area contributed by atoms with Crippen LogP contribution >= 0.6 is 0 Å². The number of hydrogen-bond acceptors (Lipinski definition) is 3. The Morgan fingerprint density at radius 2 is 1.89 bits per heavy atom. The summed E-state index contributed by atoms with van der Waals surface area (Å²) in [6, 6.07) is 9.49. The highest BCUT2D eigenvalue weighted by Gasteiger charge is 2.19. The van der Waals surface area contributed by atoms with Crippen molar-refractivity contribution in [3.8, 4) is 0 Å². The maximum absolute atomic E-state index is 5.80. The van der Waals surface area contributed by atoms with Gasteiger partial charge in [-0.1, -0.05) is 24.3 Å². The number of hydrogen-bond donors (Lipinski definition) is 1. The quantitative estimate of drug-likeness (QED) is 0.836. The van der Waals surface area contributed by atoms with Gasteiger partial charge in [0.2, 0.25) is 0 Å². The Kier molecular flexibility index (Phi) is 3.93. The molecule has 0 radical (unpaired) electrons. The van der Waals surface area contributed by atoms with Gasteiger partial charge in [-0.3, -0.25) is 0 Å². The van der Waals surface area contributed by atoms with Crippen LogP contribution in [-0.2, 0) is 22.6 Å². The molecule has 2 fully saturated rings. The van der Waals surface area contributed by atoms with Crippen LogP contribution in [0, 0.1) is 0 Å². The summed E-state index contributed by atoms with van der Waals surface area (Å²) in [7, 11) is 0. The van der Waals surface area contributed by atoms with Crippen LogP contribution < -0.4 is 5.32 Å². The van der Waals surface area contributed by atoms with Crippen molar-refractivity contribution in [3.63, 3.8) is 0 Å². The molecule has 98 valence electrons. The molecule has 1 saturated carbocycles. The molecular weight excluding hydrogens is 226 g/mol. The molecule has 1 N–H and O–H groups in total. The molecule has 1 aliphatic heterocycles. The van der Waals surface area contributed by atoms with Crippen molar-refractivity contribution in [1.29, 1.82) is 0 Å². The number of benzene rings is 1. The fourth-order valence-corrected chi connectivity index (χ4v) is 2.16. The second kappa shape index (κ2) is 5.83. The minimum atomic E-state index is 0.293. The van der Waals surface area contributed by atoms with E-state index in [-0.39, 0.29) is 0 Å². The molecule has 0 amide bonds. The molecule has 3 heteroatoms. The van der Waals surface area contributed by atoms with Crippen LogP contribution in [0.15, 0.2) is 24.3 Å². The third kappa shape index (κ3) is 3.55. The number of rotatable bonds is 6. The molecule has 0 bridgehead atoms. The van der Waals surface area contributed by atoms with Crippen molar-refractivity contribution in [3.05, 3.63) is 35.4 Å². The van der Waals surface area contributed by atoms with Crippen LogP contribution in [0.4, 0.5) is 0 Å². The summed E-state index contributed by atoms with van der Waals surface area (Å²) in [5, 5.41) is 3.52. The second-order valence-electron chi connectivity index (χ2n) is 5.27. The summed E-state index contributed by atoms with van der Waals surface area (Å²) in [6.07, 6.45) is 4.01. The van der Waals surface area contributed by atoms with Gasteiger partial charge in [-0.25, -0.2) is 0 Å². The van der Waals surface area contributed by atoms with Gasteiger partial charge in [-0.05, 0) is 30.4 Å². The van der Waals surface area contributed by atoms with Gasteiger partial charge in [-0.15, -0.1) is 0 Å². The molecule has 0 spiro atoms. The normalized spacial score (nSPS) is 23.4. The number of nitrogens with one attached hydrogen (secondary N) is 1. The Morgan fingerprint density at radius 3 is 2.56 bits per heavy atom. The fourth-order valence-electron chi connectivity index (χ4n) is 2.16. The standard InChI is InChI=1S/C15H21NO2/c1-3-13(10-18-15-7-8-17-11-15)4-2-12(1)9-16-14-5-6-14/h1-4,14-16H,5-11H2. The monoisotopic (exact) mass is 247 g/mol. The lowest BCUT2D eigenvalue weighted by Crippen LogP contribution is -2.15. The van der Waals surface area contributed by atoms with Gasteiger partial charge < -0.3 is 14.8 Å². The summed E-state index contributed by atoms with van der Waals surface area (Å²) < 4.78 is 11.1. The summed E-state index contributed by atoms with van der Waals surface area (Å²) in [5.41, 5.74) is 2.60. The van der Waals surface area contributed by atoms with Crippen molar-refractivity contribution >= 4 is 0 Å². The van der Waals surface area contributed by atoms with Crippen LogP contribution in [0.1, 0.15) is 30.4 Å². The predicted octanol–water partition coefficient (Wildman–Crippen LogP) is 2.24. The molecule has 2 aliphatic rings. The van der Waals surface area contributed by atoms with Gasteiger partial charge in [0.05, 0.1) is 19.3 Å². The van der Waals surface area contributed by atoms with Gasteiger partial charge in [0.1, 0.15) is 0 Å². The van der Waals surface area contributed by atoms with Crippen molar-refractivity contribution < 1.29 is 9.47 Å². The molecular formula is C15H21NO2. The van der Waals surface area contributed by atoms with E-state index in [1.54, 1.807) is 0 Å². The molecule has 1 aromatic rings. The third-order valence-corrected chi connectivity index (χ3v) is 3.57. The van der Waals surface area contributed by atoms with Crippen LogP contribution in [0.25, 0.3) is 0 Å².